The van der Waals surface area contributed by atoms with Gasteiger partial charge in [0.05, 0.1) is 6.42 Å². The minimum absolute atomic E-state index is 0.0121. The molecule has 0 saturated heterocycles. The number of nitrogens with one attached hydrogen (secondary N) is 1. The Labute approximate surface area is 125 Å². The van der Waals surface area contributed by atoms with Crippen molar-refractivity contribution in [3.63, 3.8) is 0 Å². The van der Waals surface area contributed by atoms with Crippen LogP contribution < -0.4 is 10.2 Å². The van der Waals surface area contributed by atoms with Crippen LogP contribution in [0, 0.1) is 12.8 Å². The Kier molecular flexibility index (Phi) is 4.83. The van der Waals surface area contributed by atoms with Crippen molar-refractivity contribution in [3.8, 4) is 0 Å². The van der Waals surface area contributed by atoms with Crippen molar-refractivity contribution < 1.29 is 14.7 Å². The molecule has 0 aromatic heterocycles. The van der Waals surface area contributed by atoms with Gasteiger partial charge >= 0.3 is 12.0 Å². The SMILES string of the molecule is CCN(C(=O)NC(CC(=O)O)C1CC1)c1cccc(C)c1. The molecule has 2 amide bonds. The molecule has 21 heavy (non-hydrogen) atoms. The normalized spacial score (nSPS) is 15.3. The van der Waals surface area contributed by atoms with Crippen molar-refractivity contribution in [1.29, 1.82) is 0 Å². The van der Waals surface area contributed by atoms with Gasteiger partial charge in [0, 0.05) is 18.3 Å². The number of carboxylic acid groups (broad SMARTS) is 1. The number of urea groups is 1. The lowest BCUT2D eigenvalue weighted by Crippen LogP contribution is -2.46. The lowest BCUT2D eigenvalue weighted by Gasteiger charge is -2.25. The number of carbonyl (C=O) groups excluding carboxylic acids is 1. The smallest absolute Gasteiger partial charge is 0.322 e. The second-order valence-corrected chi connectivity index (χ2v) is 5.57. The Bertz CT molecular complexity index is 526. The van der Waals surface area contributed by atoms with Gasteiger partial charge in [-0.3, -0.25) is 9.69 Å². The molecule has 1 atom stereocenters. The third kappa shape index (κ3) is 4.21. The Morgan fingerprint density at radius 1 is 1.43 bits per heavy atom. The first-order valence-corrected chi connectivity index (χ1v) is 7.37. The molecule has 0 bridgehead atoms. The summed E-state index contributed by atoms with van der Waals surface area (Å²) in [5, 5.41) is 11.8. The van der Waals surface area contributed by atoms with Crippen LogP contribution in [0.1, 0.15) is 31.7 Å². The molecule has 2 rings (SSSR count). The number of carboxylic acids is 1. The van der Waals surface area contributed by atoms with E-state index in [2.05, 4.69) is 5.32 Å². The summed E-state index contributed by atoms with van der Waals surface area (Å²) in [5.41, 5.74) is 1.92. The van der Waals surface area contributed by atoms with Crippen LogP contribution in [-0.4, -0.2) is 29.7 Å². The van der Waals surface area contributed by atoms with Gasteiger partial charge in [-0.15, -0.1) is 0 Å². The zero-order chi connectivity index (χ0) is 15.4. The van der Waals surface area contributed by atoms with E-state index < -0.39 is 5.97 Å². The molecular weight excluding hydrogens is 268 g/mol. The number of rotatable bonds is 6. The van der Waals surface area contributed by atoms with E-state index in [9.17, 15) is 9.59 Å². The van der Waals surface area contributed by atoms with Gasteiger partial charge in [-0.2, -0.15) is 0 Å². The van der Waals surface area contributed by atoms with Crippen LogP contribution in [-0.2, 0) is 4.79 Å². The molecule has 0 radical (unpaired) electrons. The average molecular weight is 290 g/mol. The molecule has 1 fully saturated rings. The minimum Gasteiger partial charge on any atom is -0.481 e. The Hall–Kier alpha value is -2.04. The highest BCUT2D eigenvalue weighted by molar-refractivity contribution is 5.92. The van der Waals surface area contributed by atoms with Crippen molar-refractivity contribution in [2.45, 2.75) is 39.2 Å². The first-order valence-electron chi connectivity index (χ1n) is 7.37. The molecule has 1 unspecified atom stereocenters. The highest BCUT2D eigenvalue weighted by Gasteiger charge is 2.34. The summed E-state index contributed by atoms with van der Waals surface area (Å²) in [6.45, 7) is 4.43. The molecule has 1 aromatic rings. The quantitative estimate of drug-likeness (QED) is 0.846. The van der Waals surface area contributed by atoms with Gasteiger partial charge < -0.3 is 10.4 Å². The van der Waals surface area contributed by atoms with Crippen molar-refractivity contribution in [2.24, 2.45) is 5.92 Å². The lowest BCUT2D eigenvalue weighted by atomic mass is 10.1. The average Bonchev–Trinajstić information content (AvgIpc) is 3.22. The number of amides is 2. The third-order valence-electron chi connectivity index (χ3n) is 3.77. The summed E-state index contributed by atoms with van der Waals surface area (Å²) in [6, 6.07) is 7.24. The van der Waals surface area contributed by atoms with Gasteiger partial charge in [-0.25, -0.2) is 4.79 Å². The van der Waals surface area contributed by atoms with E-state index in [0.29, 0.717) is 12.5 Å². The Morgan fingerprint density at radius 2 is 2.14 bits per heavy atom. The Morgan fingerprint density at radius 3 is 2.67 bits per heavy atom. The monoisotopic (exact) mass is 290 g/mol. The first kappa shape index (κ1) is 15.4. The maximum absolute atomic E-state index is 12.4. The number of aryl methyl sites for hydroxylation is 1. The molecule has 2 N–H and O–H groups in total. The van der Waals surface area contributed by atoms with Crippen LogP contribution in [0.5, 0.6) is 0 Å². The summed E-state index contributed by atoms with van der Waals surface area (Å²) in [5.74, 6) is -0.563. The molecule has 0 aliphatic heterocycles. The molecule has 114 valence electrons. The summed E-state index contributed by atoms with van der Waals surface area (Å²) in [6.07, 6.45) is 1.98. The zero-order valence-corrected chi connectivity index (χ0v) is 12.5. The molecular formula is C16H22N2O3. The van der Waals surface area contributed by atoms with Gasteiger partial charge in [0.25, 0.3) is 0 Å². The third-order valence-corrected chi connectivity index (χ3v) is 3.77. The van der Waals surface area contributed by atoms with Crippen molar-refractivity contribution in [1.82, 2.24) is 5.32 Å². The molecule has 1 saturated carbocycles. The van der Waals surface area contributed by atoms with Crippen molar-refractivity contribution >= 4 is 17.7 Å². The van der Waals surface area contributed by atoms with Crippen LogP contribution in [0.15, 0.2) is 24.3 Å². The second kappa shape index (κ2) is 6.61. The molecule has 0 spiro atoms. The van der Waals surface area contributed by atoms with E-state index in [-0.39, 0.29) is 18.5 Å². The van der Waals surface area contributed by atoms with Gasteiger partial charge in [-0.1, -0.05) is 12.1 Å². The number of anilines is 1. The Balaban J connectivity index is 2.07. The van der Waals surface area contributed by atoms with E-state index in [1.54, 1.807) is 4.90 Å². The van der Waals surface area contributed by atoms with Crippen LogP contribution in [0.2, 0.25) is 0 Å². The molecule has 1 aromatic carbocycles. The highest BCUT2D eigenvalue weighted by Crippen LogP contribution is 2.34. The predicted octanol–water partition coefficient (Wildman–Crippen LogP) is 2.78. The first-order chi connectivity index (χ1) is 10.0. The molecule has 1 aliphatic carbocycles. The maximum atomic E-state index is 12.4. The van der Waals surface area contributed by atoms with Crippen molar-refractivity contribution in [2.75, 3.05) is 11.4 Å². The number of carbonyl (C=O) groups is 2. The fraction of sp³-hybridized carbons (Fsp3) is 0.500. The number of hydrogen-bond acceptors (Lipinski definition) is 2. The molecule has 1 aliphatic rings. The van der Waals surface area contributed by atoms with Crippen LogP contribution in [0.3, 0.4) is 0 Å². The summed E-state index contributed by atoms with van der Waals surface area (Å²) < 4.78 is 0. The number of nitrogens with zero attached hydrogens (tertiary/aromatic N) is 1. The highest BCUT2D eigenvalue weighted by atomic mass is 16.4. The van der Waals surface area contributed by atoms with Crippen molar-refractivity contribution in [3.05, 3.63) is 29.8 Å². The van der Waals surface area contributed by atoms with Gasteiger partial charge in [0.1, 0.15) is 0 Å². The van der Waals surface area contributed by atoms with Gasteiger partial charge in [-0.05, 0) is 50.3 Å². The van der Waals surface area contributed by atoms with E-state index in [1.807, 2.05) is 38.1 Å². The van der Waals surface area contributed by atoms with Crippen LogP contribution in [0.4, 0.5) is 10.5 Å². The predicted molar refractivity (Wildman–Crippen MR) is 81.5 cm³/mol. The zero-order valence-electron chi connectivity index (χ0n) is 12.5. The van der Waals surface area contributed by atoms with Gasteiger partial charge in [0.2, 0.25) is 0 Å². The second-order valence-electron chi connectivity index (χ2n) is 5.57. The number of hydrogen-bond donors (Lipinski definition) is 2. The summed E-state index contributed by atoms with van der Waals surface area (Å²) in [7, 11) is 0. The van der Waals surface area contributed by atoms with Crippen LogP contribution in [0.25, 0.3) is 0 Å². The largest absolute Gasteiger partial charge is 0.481 e. The fourth-order valence-corrected chi connectivity index (χ4v) is 2.50. The van der Waals surface area contributed by atoms with Gasteiger partial charge in [0.15, 0.2) is 0 Å². The van der Waals surface area contributed by atoms with E-state index >= 15 is 0 Å². The molecule has 0 heterocycles. The fourth-order valence-electron chi connectivity index (χ4n) is 2.50. The van der Waals surface area contributed by atoms with E-state index in [0.717, 1.165) is 24.1 Å². The maximum Gasteiger partial charge on any atom is 0.322 e. The minimum atomic E-state index is -0.870. The van der Waals surface area contributed by atoms with Crippen LogP contribution >= 0.6 is 0 Å². The van der Waals surface area contributed by atoms with E-state index in [1.165, 1.54) is 0 Å². The molecule has 5 nitrogen and oxygen atoms in total. The standard InChI is InChI=1S/C16H22N2O3/c1-3-18(13-6-4-5-11(2)9-13)16(21)17-14(10-15(19)20)12-7-8-12/h4-6,9,12,14H,3,7-8,10H2,1-2H3,(H,17,21)(H,19,20). The lowest BCUT2D eigenvalue weighted by molar-refractivity contribution is -0.137. The van der Waals surface area contributed by atoms with E-state index in [4.69, 9.17) is 5.11 Å². The number of benzene rings is 1. The molecule has 5 heteroatoms. The topological polar surface area (TPSA) is 69.6 Å². The summed E-state index contributed by atoms with van der Waals surface area (Å²) >= 11 is 0. The number of aliphatic carboxylic acids is 1. The summed E-state index contributed by atoms with van der Waals surface area (Å²) in [4.78, 5) is 25.0.